The van der Waals surface area contributed by atoms with E-state index in [1.54, 1.807) is 30.3 Å². The summed E-state index contributed by atoms with van der Waals surface area (Å²) in [5.74, 6) is 0. The van der Waals surface area contributed by atoms with Crippen molar-refractivity contribution in [1.82, 2.24) is 0 Å². The number of hydrogen-bond acceptors (Lipinski definition) is 1. The maximum Gasteiger partial charge on any atom is 0.417 e. The molecule has 1 unspecified atom stereocenters. The maximum absolute atomic E-state index is 12.7. The summed E-state index contributed by atoms with van der Waals surface area (Å²) in [5, 5.41) is 9.27. The molecule has 1 N–H and O–H groups in total. The Labute approximate surface area is 123 Å². The van der Waals surface area contributed by atoms with Crippen LogP contribution in [0.5, 0.6) is 0 Å². The van der Waals surface area contributed by atoms with Gasteiger partial charge in [-0.3, -0.25) is 0 Å². The molecule has 20 heavy (non-hydrogen) atoms. The minimum Gasteiger partial charge on any atom is -0.384 e. The zero-order chi connectivity index (χ0) is 14.9. The van der Waals surface area contributed by atoms with E-state index in [0.29, 0.717) is 5.56 Å². The van der Waals surface area contributed by atoms with Crippen LogP contribution in [0.4, 0.5) is 13.2 Å². The van der Waals surface area contributed by atoms with Gasteiger partial charge < -0.3 is 5.11 Å². The van der Waals surface area contributed by atoms with Crippen LogP contribution in [0.25, 0.3) is 0 Å². The number of benzene rings is 2. The van der Waals surface area contributed by atoms with Gasteiger partial charge in [0.1, 0.15) is 6.10 Å². The fraction of sp³-hybridized carbons (Fsp3) is 0.143. The summed E-state index contributed by atoms with van der Waals surface area (Å²) in [6.45, 7) is 0. The molecule has 106 valence electrons. The van der Waals surface area contributed by atoms with E-state index in [0.717, 1.165) is 12.1 Å². The van der Waals surface area contributed by atoms with Gasteiger partial charge in [0.05, 0.1) is 15.6 Å². The molecule has 0 aromatic heterocycles. The van der Waals surface area contributed by atoms with Crippen molar-refractivity contribution in [2.45, 2.75) is 12.3 Å². The highest BCUT2D eigenvalue weighted by molar-refractivity contribution is 6.43. The molecule has 1 atom stereocenters. The molecule has 0 bridgehead atoms. The number of aliphatic hydroxyl groups excluding tert-OH is 1. The van der Waals surface area contributed by atoms with Gasteiger partial charge in [-0.25, -0.2) is 0 Å². The molecule has 0 aliphatic rings. The van der Waals surface area contributed by atoms with Gasteiger partial charge >= 0.3 is 6.18 Å². The second-order valence-corrected chi connectivity index (χ2v) is 4.90. The van der Waals surface area contributed by atoms with Crippen molar-refractivity contribution >= 4 is 23.2 Å². The van der Waals surface area contributed by atoms with Crippen LogP contribution in [0.3, 0.4) is 0 Å². The number of hydrogen-bond donors (Lipinski definition) is 1. The normalized spacial score (nSPS) is 13.3. The van der Waals surface area contributed by atoms with Gasteiger partial charge in [-0.1, -0.05) is 59.6 Å². The Morgan fingerprint density at radius 2 is 1.50 bits per heavy atom. The van der Waals surface area contributed by atoms with E-state index in [-0.39, 0.29) is 10.6 Å². The zero-order valence-electron chi connectivity index (χ0n) is 9.96. The molecule has 2 aromatic rings. The molecular formula is C14H9Cl2F3O. The Balaban J connectivity index is 2.47. The lowest BCUT2D eigenvalue weighted by Gasteiger charge is -2.17. The standard InChI is InChI=1S/C14H9Cl2F3O/c15-11-9(13(20)8-4-2-1-3-5-8)6-7-10(12(11)16)14(17,18)19/h1-7,13,20H. The summed E-state index contributed by atoms with van der Waals surface area (Å²) in [7, 11) is 0. The van der Waals surface area contributed by atoms with Crippen LogP contribution in [-0.4, -0.2) is 5.11 Å². The van der Waals surface area contributed by atoms with Crippen molar-refractivity contribution in [2.24, 2.45) is 0 Å². The number of alkyl halides is 3. The minimum atomic E-state index is -4.59. The number of halogens is 5. The van der Waals surface area contributed by atoms with E-state index in [1.165, 1.54) is 0 Å². The SMILES string of the molecule is OC(c1ccccc1)c1ccc(C(F)(F)F)c(Cl)c1Cl. The second kappa shape index (κ2) is 5.64. The lowest BCUT2D eigenvalue weighted by atomic mass is 10.00. The average molecular weight is 321 g/mol. The van der Waals surface area contributed by atoms with E-state index in [2.05, 4.69) is 0 Å². The molecule has 0 radical (unpaired) electrons. The molecule has 0 aliphatic heterocycles. The van der Waals surface area contributed by atoms with Crippen LogP contribution in [0.1, 0.15) is 22.8 Å². The van der Waals surface area contributed by atoms with Gasteiger partial charge in [0.2, 0.25) is 0 Å². The van der Waals surface area contributed by atoms with Gasteiger partial charge in [-0.15, -0.1) is 0 Å². The predicted octanol–water partition coefficient (Wildman–Crippen LogP) is 5.09. The Morgan fingerprint density at radius 1 is 0.900 bits per heavy atom. The van der Waals surface area contributed by atoms with Crippen molar-refractivity contribution in [3.63, 3.8) is 0 Å². The van der Waals surface area contributed by atoms with E-state index in [9.17, 15) is 18.3 Å². The van der Waals surface area contributed by atoms with Crippen molar-refractivity contribution < 1.29 is 18.3 Å². The monoisotopic (exact) mass is 320 g/mol. The summed E-state index contributed by atoms with van der Waals surface area (Å²) in [6, 6.07) is 10.4. The van der Waals surface area contributed by atoms with Gasteiger partial charge in [0.25, 0.3) is 0 Å². The summed E-state index contributed by atoms with van der Waals surface area (Å²) < 4.78 is 38.0. The van der Waals surface area contributed by atoms with Crippen molar-refractivity contribution in [3.05, 3.63) is 69.2 Å². The van der Waals surface area contributed by atoms with Crippen molar-refractivity contribution in [1.29, 1.82) is 0 Å². The van der Waals surface area contributed by atoms with Crippen molar-refractivity contribution in [2.75, 3.05) is 0 Å². The van der Waals surface area contributed by atoms with Crippen LogP contribution in [0, 0.1) is 0 Å². The summed E-state index contributed by atoms with van der Waals surface area (Å²) in [4.78, 5) is 0. The number of aliphatic hydroxyl groups is 1. The van der Waals surface area contributed by atoms with E-state index >= 15 is 0 Å². The largest absolute Gasteiger partial charge is 0.417 e. The minimum absolute atomic E-state index is 0.135. The average Bonchev–Trinajstić information content (AvgIpc) is 2.40. The van der Waals surface area contributed by atoms with Crippen LogP contribution in [0.15, 0.2) is 42.5 Å². The van der Waals surface area contributed by atoms with Crippen LogP contribution in [-0.2, 0) is 6.18 Å². The van der Waals surface area contributed by atoms with Gasteiger partial charge in [-0.2, -0.15) is 13.2 Å². The van der Waals surface area contributed by atoms with Crippen molar-refractivity contribution in [3.8, 4) is 0 Å². The molecular weight excluding hydrogens is 312 g/mol. The molecule has 0 spiro atoms. The molecule has 0 heterocycles. The molecule has 0 saturated carbocycles. The van der Waals surface area contributed by atoms with E-state index in [1.807, 2.05) is 0 Å². The molecule has 0 aliphatic carbocycles. The summed E-state index contributed by atoms with van der Waals surface area (Å²) in [6.07, 6.45) is -5.72. The third-order valence-corrected chi connectivity index (χ3v) is 3.72. The maximum atomic E-state index is 12.7. The van der Waals surface area contributed by atoms with E-state index in [4.69, 9.17) is 23.2 Å². The fourth-order valence-electron chi connectivity index (χ4n) is 1.81. The van der Waals surface area contributed by atoms with Crippen LogP contribution >= 0.6 is 23.2 Å². The molecule has 2 rings (SSSR count). The first-order chi connectivity index (χ1) is 9.32. The summed E-state index contributed by atoms with van der Waals surface area (Å²) >= 11 is 11.5. The predicted molar refractivity (Wildman–Crippen MR) is 72.0 cm³/mol. The molecule has 6 heteroatoms. The first kappa shape index (κ1) is 15.2. The topological polar surface area (TPSA) is 20.2 Å². The highest BCUT2D eigenvalue weighted by Crippen LogP contribution is 2.41. The smallest absolute Gasteiger partial charge is 0.384 e. The Morgan fingerprint density at radius 3 is 2.05 bits per heavy atom. The van der Waals surface area contributed by atoms with Gasteiger partial charge in [0, 0.05) is 5.56 Å². The Bertz CT molecular complexity index is 612. The molecule has 1 nitrogen and oxygen atoms in total. The van der Waals surface area contributed by atoms with Gasteiger partial charge in [-0.05, 0) is 11.6 Å². The first-order valence-corrected chi connectivity index (χ1v) is 6.36. The number of rotatable bonds is 2. The third kappa shape index (κ3) is 2.92. The second-order valence-electron chi connectivity index (χ2n) is 4.14. The highest BCUT2D eigenvalue weighted by Gasteiger charge is 2.35. The van der Waals surface area contributed by atoms with Crippen LogP contribution in [0.2, 0.25) is 10.0 Å². The lowest BCUT2D eigenvalue weighted by Crippen LogP contribution is -2.08. The quantitative estimate of drug-likeness (QED) is 0.816. The van der Waals surface area contributed by atoms with Crippen LogP contribution < -0.4 is 0 Å². The zero-order valence-corrected chi connectivity index (χ0v) is 11.5. The Hall–Kier alpha value is -1.23. The summed E-state index contributed by atoms with van der Waals surface area (Å²) in [5.41, 5.74) is -0.366. The lowest BCUT2D eigenvalue weighted by molar-refractivity contribution is -0.137. The molecule has 0 saturated heterocycles. The van der Waals surface area contributed by atoms with E-state index < -0.39 is 22.9 Å². The molecule has 0 amide bonds. The fourth-order valence-corrected chi connectivity index (χ4v) is 2.36. The molecule has 2 aromatic carbocycles. The van der Waals surface area contributed by atoms with Gasteiger partial charge in [0.15, 0.2) is 0 Å². The first-order valence-electron chi connectivity index (χ1n) is 5.60. The molecule has 0 fully saturated rings. The Kier molecular flexibility index (Phi) is 4.28. The highest BCUT2D eigenvalue weighted by atomic mass is 35.5. The third-order valence-electron chi connectivity index (χ3n) is 2.83.